The Morgan fingerprint density at radius 2 is 1.85 bits per heavy atom. The molecule has 0 aromatic heterocycles. The van der Waals surface area contributed by atoms with Gasteiger partial charge in [-0.15, -0.1) is 0 Å². The molecule has 1 aliphatic rings. The van der Waals surface area contributed by atoms with E-state index in [4.69, 9.17) is 0 Å². The number of nitrogens with zero attached hydrogens (tertiary/aromatic N) is 1. The second-order valence-electron chi connectivity index (χ2n) is 7.60. The predicted octanol–water partition coefficient (Wildman–Crippen LogP) is 2.35. The molecule has 1 aromatic rings. The van der Waals surface area contributed by atoms with Crippen LogP contribution >= 0.6 is 0 Å². The molecule has 3 N–H and O–H groups in total. The summed E-state index contributed by atoms with van der Waals surface area (Å²) in [6, 6.07) is 1.65. The molecule has 146 valence electrons. The van der Waals surface area contributed by atoms with Crippen molar-refractivity contribution >= 4 is 5.97 Å². The highest BCUT2D eigenvalue weighted by atomic mass is 19.4. The fourth-order valence-electron chi connectivity index (χ4n) is 3.24. The third-order valence-electron chi connectivity index (χ3n) is 4.64. The monoisotopic (exact) mass is 374 g/mol. The van der Waals surface area contributed by atoms with Crippen molar-refractivity contribution in [3.05, 3.63) is 34.4 Å². The molecule has 0 amide bonds. The van der Waals surface area contributed by atoms with Crippen LogP contribution in [0.4, 0.5) is 13.2 Å². The van der Waals surface area contributed by atoms with E-state index in [1.165, 1.54) is 6.07 Å². The van der Waals surface area contributed by atoms with Crippen LogP contribution in [-0.4, -0.2) is 46.8 Å². The van der Waals surface area contributed by atoms with E-state index in [-0.39, 0.29) is 18.7 Å². The van der Waals surface area contributed by atoms with Crippen molar-refractivity contribution in [2.45, 2.75) is 51.6 Å². The van der Waals surface area contributed by atoms with Crippen LogP contribution in [0.1, 0.15) is 43.0 Å². The molecule has 1 aliphatic heterocycles. The first-order chi connectivity index (χ1) is 11.9. The molecule has 8 heteroatoms. The van der Waals surface area contributed by atoms with E-state index < -0.39 is 35.8 Å². The van der Waals surface area contributed by atoms with E-state index in [2.05, 4.69) is 5.32 Å². The lowest BCUT2D eigenvalue weighted by atomic mass is 9.81. The fraction of sp³-hybridized carbons (Fsp3) is 0.611. The van der Waals surface area contributed by atoms with Crippen LogP contribution in [0.2, 0.25) is 0 Å². The van der Waals surface area contributed by atoms with E-state index in [1.54, 1.807) is 25.7 Å². The number of benzene rings is 1. The largest absolute Gasteiger partial charge is 0.480 e. The minimum absolute atomic E-state index is 0.0437. The van der Waals surface area contributed by atoms with Gasteiger partial charge in [-0.3, -0.25) is 9.69 Å². The number of aliphatic carboxylic acids is 1. The number of aliphatic hydroxyl groups excluding tert-OH is 1. The van der Waals surface area contributed by atoms with Gasteiger partial charge in [0.1, 0.15) is 6.04 Å². The van der Waals surface area contributed by atoms with Crippen molar-refractivity contribution in [2.24, 2.45) is 0 Å². The third-order valence-corrected chi connectivity index (χ3v) is 4.64. The molecule has 26 heavy (non-hydrogen) atoms. The number of aliphatic hydroxyl groups is 1. The number of hydrogen-bond acceptors (Lipinski definition) is 4. The highest BCUT2D eigenvalue weighted by Crippen LogP contribution is 2.39. The predicted molar refractivity (Wildman–Crippen MR) is 90.8 cm³/mol. The Bertz CT molecular complexity index is 669. The zero-order chi connectivity index (χ0) is 19.7. The molecule has 1 aromatic carbocycles. The van der Waals surface area contributed by atoms with Crippen molar-refractivity contribution in [3.8, 4) is 0 Å². The first-order valence-corrected chi connectivity index (χ1v) is 8.47. The lowest BCUT2D eigenvalue weighted by Crippen LogP contribution is -2.54. The van der Waals surface area contributed by atoms with Gasteiger partial charge in [0.25, 0.3) is 0 Å². The second-order valence-corrected chi connectivity index (χ2v) is 7.60. The normalized spacial score (nSPS) is 19.6. The molecular formula is C18H25F3N2O3. The average Bonchev–Trinajstić information content (AvgIpc) is 2.53. The molecule has 0 saturated carbocycles. The van der Waals surface area contributed by atoms with Gasteiger partial charge in [-0.1, -0.05) is 26.8 Å². The van der Waals surface area contributed by atoms with Crippen molar-refractivity contribution in [1.29, 1.82) is 0 Å². The van der Waals surface area contributed by atoms with Gasteiger partial charge < -0.3 is 15.5 Å². The summed E-state index contributed by atoms with van der Waals surface area (Å²) < 4.78 is 40.8. The number of halogens is 3. The van der Waals surface area contributed by atoms with E-state index in [1.807, 2.05) is 0 Å². The lowest BCUT2D eigenvalue weighted by Gasteiger charge is -2.34. The first-order valence-electron chi connectivity index (χ1n) is 8.47. The topological polar surface area (TPSA) is 72.8 Å². The number of nitrogens with one attached hydrogen (secondary N) is 1. The summed E-state index contributed by atoms with van der Waals surface area (Å²) in [7, 11) is 0. The molecular weight excluding hydrogens is 349 g/mol. The molecule has 1 heterocycles. The second kappa shape index (κ2) is 7.54. The Kier molecular flexibility index (Phi) is 5.99. The molecule has 1 fully saturated rings. The SMILES string of the molecule is CC(C)(C)c1cc(CO)c(CN2CCNC[C@H]2C(=O)O)cc1C(F)(F)F. The molecule has 0 radical (unpaired) electrons. The van der Waals surface area contributed by atoms with Crippen LogP contribution in [0.15, 0.2) is 12.1 Å². The van der Waals surface area contributed by atoms with Gasteiger partial charge >= 0.3 is 12.1 Å². The average molecular weight is 374 g/mol. The molecule has 0 spiro atoms. The minimum atomic E-state index is -4.53. The number of hydrogen-bond donors (Lipinski definition) is 3. The molecule has 1 atom stereocenters. The van der Waals surface area contributed by atoms with E-state index in [0.717, 1.165) is 6.07 Å². The molecule has 0 bridgehead atoms. The molecule has 1 saturated heterocycles. The van der Waals surface area contributed by atoms with Crippen molar-refractivity contribution < 1.29 is 28.2 Å². The Morgan fingerprint density at radius 1 is 1.23 bits per heavy atom. The number of rotatable bonds is 4. The Balaban J connectivity index is 2.49. The van der Waals surface area contributed by atoms with Crippen LogP contribution in [0.25, 0.3) is 0 Å². The highest BCUT2D eigenvalue weighted by Gasteiger charge is 2.38. The van der Waals surface area contributed by atoms with Gasteiger partial charge in [0, 0.05) is 26.2 Å². The van der Waals surface area contributed by atoms with Gasteiger partial charge in [-0.05, 0) is 28.2 Å². The van der Waals surface area contributed by atoms with Gasteiger partial charge in [-0.2, -0.15) is 13.2 Å². The van der Waals surface area contributed by atoms with Crippen LogP contribution in [0, 0.1) is 0 Å². The first kappa shape index (κ1) is 20.7. The third kappa shape index (κ3) is 4.55. The van der Waals surface area contributed by atoms with Crippen LogP contribution in [0.3, 0.4) is 0 Å². The van der Waals surface area contributed by atoms with Crippen LogP contribution in [0.5, 0.6) is 0 Å². The van der Waals surface area contributed by atoms with Crippen molar-refractivity contribution in [2.75, 3.05) is 19.6 Å². The quantitative estimate of drug-likeness (QED) is 0.755. The van der Waals surface area contributed by atoms with E-state index in [9.17, 15) is 28.2 Å². The fourth-order valence-corrected chi connectivity index (χ4v) is 3.24. The summed E-state index contributed by atoms with van der Waals surface area (Å²) in [5, 5.41) is 22.0. The van der Waals surface area contributed by atoms with Gasteiger partial charge in [-0.25, -0.2) is 0 Å². The van der Waals surface area contributed by atoms with Gasteiger partial charge in [0.15, 0.2) is 0 Å². The Labute approximate surface area is 150 Å². The maximum atomic E-state index is 13.6. The summed E-state index contributed by atoms with van der Waals surface area (Å²) in [5.41, 5.74) is -0.662. The Hall–Kier alpha value is -1.64. The maximum Gasteiger partial charge on any atom is 0.416 e. The van der Waals surface area contributed by atoms with Crippen molar-refractivity contribution in [1.82, 2.24) is 10.2 Å². The summed E-state index contributed by atoms with van der Waals surface area (Å²) >= 11 is 0. The molecule has 5 nitrogen and oxygen atoms in total. The van der Waals surface area contributed by atoms with Crippen molar-refractivity contribution in [3.63, 3.8) is 0 Å². The Morgan fingerprint density at radius 3 is 2.35 bits per heavy atom. The summed E-state index contributed by atoms with van der Waals surface area (Å²) in [5.74, 6) is -1.02. The smallest absolute Gasteiger partial charge is 0.416 e. The number of carbonyl (C=O) groups is 1. The van der Waals surface area contributed by atoms with E-state index >= 15 is 0 Å². The summed E-state index contributed by atoms with van der Waals surface area (Å²) in [6.07, 6.45) is -4.53. The van der Waals surface area contributed by atoms with Crippen LogP contribution < -0.4 is 5.32 Å². The number of piperazine rings is 1. The number of carboxylic acids is 1. The summed E-state index contributed by atoms with van der Waals surface area (Å²) in [4.78, 5) is 13.0. The molecule has 2 rings (SSSR count). The molecule has 0 aliphatic carbocycles. The number of alkyl halides is 3. The zero-order valence-electron chi connectivity index (χ0n) is 15.2. The molecule has 0 unspecified atom stereocenters. The lowest BCUT2D eigenvalue weighted by molar-refractivity contribution is -0.144. The van der Waals surface area contributed by atoms with Gasteiger partial charge in [0.2, 0.25) is 0 Å². The number of carboxylic acid groups (broad SMARTS) is 1. The minimum Gasteiger partial charge on any atom is -0.480 e. The van der Waals surface area contributed by atoms with Crippen LogP contribution in [-0.2, 0) is 29.5 Å². The van der Waals surface area contributed by atoms with Gasteiger partial charge in [0.05, 0.1) is 12.2 Å². The van der Waals surface area contributed by atoms with E-state index in [0.29, 0.717) is 24.2 Å². The standard InChI is InChI=1S/C18H25F3N2O3/c1-17(2,3)13-7-12(10-24)11(6-14(13)18(19,20)21)9-23-5-4-22-8-15(23)16(25)26/h6-7,15,22,24H,4-5,8-10H2,1-3H3,(H,25,26)/t15-/m0/s1. The highest BCUT2D eigenvalue weighted by molar-refractivity contribution is 5.74. The summed E-state index contributed by atoms with van der Waals surface area (Å²) in [6.45, 7) is 5.91. The zero-order valence-corrected chi connectivity index (χ0v) is 15.2. The maximum absolute atomic E-state index is 13.6.